The zero-order valence-electron chi connectivity index (χ0n) is 8.57. The van der Waals surface area contributed by atoms with E-state index in [0.717, 1.165) is 18.0 Å². The molecule has 0 aliphatic carbocycles. The van der Waals surface area contributed by atoms with Crippen molar-refractivity contribution in [3.63, 3.8) is 0 Å². The highest BCUT2D eigenvalue weighted by Crippen LogP contribution is 2.12. The van der Waals surface area contributed by atoms with Crippen LogP contribution in [0.15, 0.2) is 10.6 Å². The summed E-state index contributed by atoms with van der Waals surface area (Å²) in [4.78, 5) is 4.14. The Bertz CT molecular complexity index is 443. The summed E-state index contributed by atoms with van der Waals surface area (Å²) in [5.74, 6) is 2.24. The van der Waals surface area contributed by atoms with Crippen LogP contribution < -0.4 is 0 Å². The van der Waals surface area contributed by atoms with E-state index in [2.05, 4.69) is 15.2 Å². The normalized spacial score (nSPS) is 10.9. The number of aryl methyl sites for hydroxylation is 2. The third-order valence-electron chi connectivity index (χ3n) is 2.13. The van der Waals surface area contributed by atoms with Gasteiger partial charge in [0, 0.05) is 6.42 Å². The SMILES string of the molecule is CCc1cnc(Cn2c(C)nnc2Cl)o1. The molecule has 0 aliphatic heterocycles. The maximum Gasteiger partial charge on any atom is 0.225 e. The van der Waals surface area contributed by atoms with Crippen LogP contribution in [0.25, 0.3) is 0 Å². The minimum absolute atomic E-state index is 0.351. The molecule has 0 radical (unpaired) electrons. The lowest BCUT2D eigenvalue weighted by Crippen LogP contribution is -2.02. The fourth-order valence-corrected chi connectivity index (χ4v) is 1.47. The summed E-state index contributed by atoms with van der Waals surface area (Å²) in [6.07, 6.45) is 2.56. The topological polar surface area (TPSA) is 56.7 Å². The van der Waals surface area contributed by atoms with E-state index < -0.39 is 0 Å². The first kappa shape index (κ1) is 10.2. The van der Waals surface area contributed by atoms with Gasteiger partial charge in [0.2, 0.25) is 11.2 Å². The monoisotopic (exact) mass is 226 g/mol. The molecule has 2 rings (SSSR count). The molecule has 5 nitrogen and oxygen atoms in total. The Hall–Kier alpha value is -1.36. The number of nitrogens with zero attached hydrogens (tertiary/aromatic N) is 4. The highest BCUT2D eigenvalue weighted by molar-refractivity contribution is 6.28. The highest BCUT2D eigenvalue weighted by atomic mass is 35.5. The largest absolute Gasteiger partial charge is 0.444 e. The third-order valence-corrected chi connectivity index (χ3v) is 2.41. The van der Waals surface area contributed by atoms with E-state index in [-0.39, 0.29) is 0 Å². The molecular weight excluding hydrogens is 216 g/mol. The maximum absolute atomic E-state index is 5.86. The summed E-state index contributed by atoms with van der Waals surface area (Å²) in [6.45, 7) is 4.32. The van der Waals surface area contributed by atoms with Gasteiger partial charge < -0.3 is 4.42 Å². The molecule has 0 bridgehead atoms. The Morgan fingerprint density at radius 3 is 2.80 bits per heavy atom. The molecule has 0 atom stereocenters. The molecule has 2 heterocycles. The molecular formula is C9H11ClN4O. The van der Waals surface area contributed by atoms with E-state index in [9.17, 15) is 0 Å². The third kappa shape index (κ3) is 2.02. The van der Waals surface area contributed by atoms with Gasteiger partial charge in [-0.3, -0.25) is 4.57 Å². The van der Waals surface area contributed by atoms with Gasteiger partial charge in [-0.2, -0.15) is 0 Å². The minimum Gasteiger partial charge on any atom is -0.444 e. The molecule has 6 heteroatoms. The van der Waals surface area contributed by atoms with E-state index in [1.54, 1.807) is 10.8 Å². The first-order valence-electron chi connectivity index (χ1n) is 4.69. The summed E-state index contributed by atoms with van der Waals surface area (Å²) in [7, 11) is 0. The van der Waals surface area contributed by atoms with Crippen molar-refractivity contribution >= 4 is 11.6 Å². The van der Waals surface area contributed by atoms with Crippen LogP contribution in [-0.2, 0) is 13.0 Å². The zero-order valence-corrected chi connectivity index (χ0v) is 9.32. The minimum atomic E-state index is 0.351. The lowest BCUT2D eigenvalue weighted by atomic mass is 10.4. The average molecular weight is 227 g/mol. The van der Waals surface area contributed by atoms with Crippen molar-refractivity contribution in [1.82, 2.24) is 19.7 Å². The van der Waals surface area contributed by atoms with Crippen LogP contribution in [0.5, 0.6) is 0 Å². The summed E-state index contributed by atoms with van der Waals surface area (Å²) in [6, 6.07) is 0. The van der Waals surface area contributed by atoms with Gasteiger partial charge in [-0.15, -0.1) is 10.2 Å². The number of rotatable bonds is 3. The molecule has 80 valence electrons. The summed E-state index contributed by atoms with van der Waals surface area (Å²) in [5.41, 5.74) is 0. The highest BCUT2D eigenvalue weighted by Gasteiger charge is 2.09. The lowest BCUT2D eigenvalue weighted by Gasteiger charge is -2.00. The van der Waals surface area contributed by atoms with E-state index in [0.29, 0.717) is 17.7 Å². The van der Waals surface area contributed by atoms with Crippen LogP contribution >= 0.6 is 11.6 Å². The molecule has 0 saturated carbocycles. The quantitative estimate of drug-likeness (QED) is 0.801. The van der Waals surface area contributed by atoms with Gasteiger partial charge in [0.05, 0.1) is 6.20 Å². The number of aromatic nitrogens is 4. The predicted molar refractivity (Wildman–Crippen MR) is 54.8 cm³/mol. The second-order valence-corrected chi connectivity index (χ2v) is 3.51. The second-order valence-electron chi connectivity index (χ2n) is 3.18. The van der Waals surface area contributed by atoms with E-state index in [4.69, 9.17) is 16.0 Å². The van der Waals surface area contributed by atoms with Crippen LogP contribution in [0.3, 0.4) is 0 Å². The van der Waals surface area contributed by atoms with E-state index in [1.165, 1.54) is 0 Å². The van der Waals surface area contributed by atoms with Gasteiger partial charge in [0.25, 0.3) is 0 Å². The molecule has 0 unspecified atom stereocenters. The first-order chi connectivity index (χ1) is 7.20. The Kier molecular flexibility index (Phi) is 2.73. The molecule has 0 fully saturated rings. The van der Waals surface area contributed by atoms with Gasteiger partial charge >= 0.3 is 0 Å². The summed E-state index contributed by atoms with van der Waals surface area (Å²) in [5, 5.41) is 7.95. The van der Waals surface area contributed by atoms with Crippen molar-refractivity contribution in [2.45, 2.75) is 26.8 Å². The van der Waals surface area contributed by atoms with Crippen molar-refractivity contribution in [3.8, 4) is 0 Å². The average Bonchev–Trinajstić information content (AvgIpc) is 2.80. The lowest BCUT2D eigenvalue weighted by molar-refractivity contribution is 0.444. The second kappa shape index (κ2) is 4.02. The fourth-order valence-electron chi connectivity index (χ4n) is 1.25. The van der Waals surface area contributed by atoms with Crippen molar-refractivity contribution in [2.24, 2.45) is 0 Å². The zero-order chi connectivity index (χ0) is 10.8. The standard InChI is InChI=1S/C9H11ClN4O/c1-3-7-4-11-8(15-7)5-14-6(2)12-13-9(14)10/h4H,3,5H2,1-2H3. The maximum atomic E-state index is 5.86. The van der Waals surface area contributed by atoms with Gasteiger partial charge in [-0.05, 0) is 18.5 Å². The molecule has 0 N–H and O–H groups in total. The Balaban J connectivity index is 2.21. The van der Waals surface area contributed by atoms with Crippen LogP contribution in [0.2, 0.25) is 5.28 Å². The molecule has 15 heavy (non-hydrogen) atoms. The molecule has 0 amide bonds. The van der Waals surface area contributed by atoms with Crippen molar-refractivity contribution in [3.05, 3.63) is 29.0 Å². The van der Waals surface area contributed by atoms with Crippen molar-refractivity contribution < 1.29 is 4.42 Å². The molecule has 0 saturated heterocycles. The number of hydrogen-bond acceptors (Lipinski definition) is 4. The van der Waals surface area contributed by atoms with E-state index in [1.807, 2.05) is 13.8 Å². The predicted octanol–water partition coefficient (Wildman–Crippen LogP) is 1.84. The van der Waals surface area contributed by atoms with Gasteiger partial charge in [-0.1, -0.05) is 6.92 Å². The Morgan fingerprint density at radius 2 is 2.27 bits per heavy atom. The molecule has 0 spiro atoms. The molecule has 0 aliphatic rings. The Morgan fingerprint density at radius 1 is 1.47 bits per heavy atom. The fraction of sp³-hybridized carbons (Fsp3) is 0.444. The van der Waals surface area contributed by atoms with Crippen LogP contribution in [-0.4, -0.2) is 19.7 Å². The molecule has 2 aromatic heterocycles. The summed E-state index contributed by atoms with van der Waals surface area (Å²) < 4.78 is 7.21. The van der Waals surface area contributed by atoms with Crippen molar-refractivity contribution in [1.29, 1.82) is 0 Å². The van der Waals surface area contributed by atoms with Crippen LogP contribution in [0.1, 0.15) is 24.4 Å². The number of oxazole rings is 1. The summed E-state index contributed by atoms with van der Waals surface area (Å²) >= 11 is 5.86. The first-order valence-corrected chi connectivity index (χ1v) is 5.07. The Labute approximate surface area is 92.1 Å². The number of hydrogen-bond donors (Lipinski definition) is 0. The van der Waals surface area contributed by atoms with Gasteiger partial charge in [-0.25, -0.2) is 4.98 Å². The van der Waals surface area contributed by atoms with Crippen molar-refractivity contribution in [2.75, 3.05) is 0 Å². The van der Waals surface area contributed by atoms with Crippen LogP contribution in [0, 0.1) is 6.92 Å². The number of halogens is 1. The van der Waals surface area contributed by atoms with Crippen LogP contribution in [0.4, 0.5) is 0 Å². The van der Waals surface area contributed by atoms with Gasteiger partial charge in [0.15, 0.2) is 0 Å². The molecule has 0 aromatic carbocycles. The molecule has 2 aromatic rings. The van der Waals surface area contributed by atoms with Gasteiger partial charge in [0.1, 0.15) is 18.1 Å². The smallest absolute Gasteiger partial charge is 0.225 e. The van der Waals surface area contributed by atoms with E-state index >= 15 is 0 Å².